The van der Waals surface area contributed by atoms with E-state index in [1.807, 2.05) is 12.1 Å². The number of unbranched alkanes of at least 4 members (excludes halogenated alkanes) is 1. The Morgan fingerprint density at radius 3 is 2.71 bits per heavy atom. The van der Waals surface area contributed by atoms with Gasteiger partial charge in [-0.25, -0.2) is 0 Å². The SMILES string of the molecule is COc1ccc(CCCCBr)cc1Cl. The molecule has 0 bridgehead atoms. The monoisotopic (exact) mass is 276 g/mol. The first-order valence-corrected chi connectivity index (χ1v) is 6.16. The Kier molecular flexibility index (Phi) is 5.34. The van der Waals surface area contributed by atoms with Gasteiger partial charge in [-0.2, -0.15) is 0 Å². The van der Waals surface area contributed by atoms with Crippen molar-refractivity contribution in [1.29, 1.82) is 0 Å². The van der Waals surface area contributed by atoms with Gasteiger partial charge in [-0.05, 0) is 37.0 Å². The summed E-state index contributed by atoms with van der Waals surface area (Å²) in [6, 6.07) is 5.97. The second kappa shape index (κ2) is 6.31. The molecule has 1 aromatic carbocycles. The molecule has 1 aromatic rings. The molecule has 0 atom stereocenters. The molecule has 0 aliphatic heterocycles. The molecule has 0 radical (unpaired) electrons. The summed E-state index contributed by atoms with van der Waals surface area (Å²) in [7, 11) is 1.63. The molecule has 0 amide bonds. The van der Waals surface area contributed by atoms with Crippen LogP contribution in [0.5, 0.6) is 5.75 Å². The molecular formula is C11H14BrClO. The van der Waals surface area contributed by atoms with Crippen molar-refractivity contribution in [2.24, 2.45) is 0 Å². The van der Waals surface area contributed by atoms with E-state index in [1.165, 1.54) is 18.4 Å². The first-order valence-electron chi connectivity index (χ1n) is 4.66. The van der Waals surface area contributed by atoms with Gasteiger partial charge in [0.2, 0.25) is 0 Å². The second-order valence-electron chi connectivity index (χ2n) is 3.11. The van der Waals surface area contributed by atoms with Crippen LogP contribution < -0.4 is 4.74 Å². The summed E-state index contributed by atoms with van der Waals surface area (Å²) >= 11 is 9.42. The Balaban J connectivity index is 2.57. The molecule has 0 N–H and O–H groups in total. The molecule has 0 aliphatic rings. The van der Waals surface area contributed by atoms with Gasteiger partial charge in [0.15, 0.2) is 0 Å². The van der Waals surface area contributed by atoms with Gasteiger partial charge in [0, 0.05) is 5.33 Å². The zero-order valence-electron chi connectivity index (χ0n) is 8.22. The fourth-order valence-corrected chi connectivity index (χ4v) is 1.97. The maximum absolute atomic E-state index is 6.01. The lowest BCUT2D eigenvalue weighted by molar-refractivity contribution is 0.415. The fraction of sp³-hybridized carbons (Fsp3) is 0.455. The number of methoxy groups -OCH3 is 1. The van der Waals surface area contributed by atoms with E-state index >= 15 is 0 Å². The van der Waals surface area contributed by atoms with Crippen molar-refractivity contribution in [3.63, 3.8) is 0 Å². The zero-order valence-corrected chi connectivity index (χ0v) is 10.6. The Morgan fingerprint density at radius 2 is 2.14 bits per heavy atom. The zero-order chi connectivity index (χ0) is 10.4. The van der Waals surface area contributed by atoms with E-state index in [4.69, 9.17) is 16.3 Å². The van der Waals surface area contributed by atoms with Gasteiger partial charge >= 0.3 is 0 Å². The van der Waals surface area contributed by atoms with E-state index in [-0.39, 0.29) is 0 Å². The van der Waals surface area contributed by atoms with Crippen LogP contribution in [0.15, 0.2) is 18.2 Å². The summed E-state index contributed by atoms with van der Waals surface area (Å²) in [4.78, 5) is 0. The van der Waals surface area contributed by atoms with Crippen molar-refractivity contribution in [3.8, 4) is 5.75 Å². The summed E-state index contributed by atoms with van der Waals surface area (Å²) in [6.07, 6.45) is 3.47. The van der Waals surface area contributed by atoms with Crippen LogP contribution in [0, 0.1) is 0 Å². The van der Waals surface area contributed by atoms with Crippen LogP contribution in [0.25, 0.3) is 0 Å². The van der Waals surface area contributed by atoms with Crippen LogP contribution in [0.1, 0.15) is 18.4 Å². The van der Waals surface area contributed by atoms with Crippen LogP contribution in [0.3, 0.4) is 0 Å². The maximum Gasteiger partial charge on any atom is 0.137 e. The normalized spacial score (nSPS) is 10.2. The molecule has 0 heterocycles. The standard InChI is InChI=1S/C11H14BrClO/c1-14-11-6-5-9(8-10(11)13)4-2-3-7-12/h5-6,8H,2-4,7H2,1H3. The van der Waals surface area contributed by atoms with Crippen LogP contribution >= 0.6 is 27.5 Å². The van der Waals surface area contributed by atoms with E-state index < -0.39 is 0 Å². The third kappa shape index (κ3) is 3.50. The molecule has 78 valence electrons. The first kappa shape index (κ1) is 11.9. The number of hydrogen-bond acceptors (Lipinski definition) is 1. The number of hydrogen-bond donors (Lipinski definition) is 0. The van der Waals surface area contributed by atoms with Crippen LogP contribution in [-0.4, -0.2) is 12.4 Å². The van der Waals surface area contributed by atoms with Crippen molar-refractivity contribution in [3.05, 3.63) is 28.8 Å². The second-order valence-corrected chi connectivity index (χ2v) is 4.32. The molecule has 0 saturated carbocycles. The number of rotatable bonds is 5. The highest BCUT2D eigenvalue weighted by Gasteiger charge is 2.01. The number of benzene rings is 1. The van der Waals surface area contributed by atoms with Crippen molar-refractivity contribution in [2.45, 2.75) is 19.3 Å². The van der Waals surface area contributed by atoms with E-state index in [9.17, 15) is 0 Å². The van der Waals surface area contributed by atoms with Crippen molar-refractivity contribution in [2.75, 3.05) is 12.4 Å². The lowest BCUT2D eigenvalue weighted by atomic mass is 10.1. The summed E-state index contributed by atoms with van der Waals surface area (Å²) < 4.78 is 5.09. The molecular weight excluding hydrogens is 263 g/mol. The predicted molar refractivity (Wildman–Crippen MR) is 64.7 cm³/mol. The average molecular weight is 278 g/mol. The Morgan fingerprint density at radius 1 is 1.36 bits per heavy atom. The lowest BCUT2D eigenvalue weighted by Gasteiger charge is -2.05. The molecule has 1 nitrogen and oxygen atoms in total. The first-order chi connectivity index (χ1) is 6.77. The number of ether oxygens (including phenoxy) is 1. The fourth-order valence-electron chi connectivity index (χ4n) is 1.29. The molecule has 0 fully saturated rings. The maximum atomic E-state index is 6.01. The van der Waals surface area contributed by atoms with Gasteiger partial charge in [0.1, 0.15) is 5.75 Å². The predicted octanol–water partition coefficient (Wildman–Crippen LogP) is 4.07. The molecule has 0 spiro atoms. The Bertz CT molecular complexity index is 289. The number of aryl methyl sites for hydroxylation is 1. The molecule has 0 aliphatic carbocycles. The largest absolute Gasteiger partial charge is 0.495 e. The van der Waals surface area contributed by atoms with Gasteiger partial charge in [-0.3, -0.25) is 0 Å². The highest BCUT2D eigenvalue weighted by atomic mass is 79.9. The van der Waals surface area contributed by atoms with Gasteiger partial charge in [0.25, 0.3) is 0 Å². The average Bonchev–Trinajstić information content (AvgIpc) is 2.18. The molecule has 1 rings (SSSR count). The summed E-state index contributed by atoms with van der Waals surface area (Å²) in [6.45, 7) is 0. The van der Waals surface area contributed by atoms with Crippen molar-refractivity contribution < 1.29 is 4.74 Å². The third-order valence-electron chi connectivity index (χ3n) is 2.07. The van der Waals surface area contributed by atoms with Crippen molar-refractivity contribution >= 4 is 27.5 Å². The smallest absolute Gasteiger partial charge is 0.137 e. The summed E-state index contributed by atoms with van der Waals surface area (Å²) in [5.41, 5.74) is 1.27. The van der Waals surface area contributed by atoms with Crippen LogP contribution in [0.2, 0.25) is 5.02 Å². The van der Waals surface area contributed by atoms with Gasteiger partial charge in [-0.15, -0.1) is 0 Å². The minimum atomic E-state index is 0.698. The Labute approximate surface area is 98.5 Å². The lowest BCUT2D eigenvalue weighted by Crippen LogP contribution is -1.89. The summed E-state index contributed by atoms with van der Waals surface area (Å²) in [5, 5.41) is 1.76. The molecule has 14 heavy (non-hydrogen) atoms. The van der Waals surface area contributed by atoms with E-state index in [0.29, 0.717) is 5.02 Å². The van der Waals surface area contributed by atoms with E-state index in [2.05, 4.69) is 22.0 Å². The molecule has 0 aromatic heterocycles. The number of halogens is 2. The van der Waals surface area contributed by atoms with Crippen LogP contribution in [0.4, 0.5) is 0 Å². The van der Waals surface area contributed by atoms with Gasteiger partial charge in [0.05, 0.1) is 12.1 Å². The molecule has 0 saturated heterocycles. The minimum Gasteiger partial charge on any atom is -0.495 e. The molecule has 3 heteroatoms. The van der Waals surface area contributed by atoms with Crippen LogP contribution in [-0.2, 0) is 6.42 Å². The number of alkyl halides is 1. The highest BCUT2D eigenvalue weighted by Crippen LogP contribution is 2.25. The van der Waals surface area contributed by atoms with Crippen molar-refractivity contribution in [1.82, 2.24) is 0 Å². The third-order valence-corrected chi connectivity index (χ3v) is 2.92. The van der Waals surface area contributed by atoms with E-state index in [0.717, 1.165) is 17.5 Å². The molecule has 0 unspecified atom stereocenters. The quantitative estimate of drug-likeness (QED) is 0.582. The topological polar surface area (TPSA) is 9.23 Å². The van der Waals surface area contributed by atoms with Gasteiger partial charge in [-0.1, -0.05) is 33.6 Å². The van der Waals surface area contributed by atoms with Gasteiger partial charge < -0.3 is 4.74 Å². The van der Waals surface area contributed by atoms with E-state index in [1.54, 1.807) is 7.11 Å². The Hall–Kier alpha value is -0.210. The minimum absolute atomic E-state index is 0.698. The highest BCUT2D eigenvalue weighted by molar-refractivity contribution is 9.09. The summed E-state index contributed by atoms with van der Waals surface area (Å²) in [5.74, 6) is 0.746.